The van der Waals surface area contributed by atoms with E-state index in [4.69, 9.17) is 11.6 Å². The van der Waals surface area contributed by atoms with Crippen LogP contribution in [0.3, 0.4) is 0 Å². The molecule has 0 aliphatic rings. The van der Waals surface area contributed by atoms with Crippen molar-refractivity contribution in [1.29, 1.82) is 0 Å². The SMILES string of the molecule is O=C(Cl)CCc1ccc(Br)cc1. The lowest BCUT2D eigenvalue weighted by atomic mass is 10.1. The first-order chi connectivity index (χ1) is 5.68. The van der Waals surface area contributed by atoms with E-state index in [-0.39, 0.29) is 5.24 Å². The standard InChI is InChI=1S/C9H8BrClO/c10-8-4-1-7(2-5-8)3-6-9(11)12/h1-2,4-5H,3,6H2. The Morgan fingerprint density at radius 2 is 1.92 bits per heavy atom. The summed E-state index contributed by atoms with van der Waals surface area (Å²) in [4.78, 5) is 10.4. The monoisotopic (exact) mass is 246 g/mol. The molecule has 0 atom stereocenters. The second-order valence-electron chi connectivity index (χ2n) is 2.48. The van der Waals surface area contributed by atoms with Crippen LogP contribution in [0.25, 0.3) is 0 Å². The second kappa shape index (κ2) is 4.63. The molecule has 0 aromatic heterocycles. The molecule has 1 aromatic carbocycles. The predicted octanol–water partition coefficient (Wildman–Crippen LogP) is 3.15. The van der Waals surface area contributed by atoms with Gasteiger partial charge in [-0.1, -0.05) is 28.1 Å². The Hall–Kier alpha value is -0.340. The van der Waals surface area contributed by atoms with E-state index >= 15 is 0 Å². The Kier molecular flexibility index (Phi) is 3.76. The van der Waals surface area contributed by atoms with Crippen molar-refractivity contribution in [2.45, 2.75) is 12.8 Å². The lowest BCUT2D eigenvalue weighted by molar-refractivity contribution is -0.111. The van der Waals surface area contributed by atoms with Gasteiger partial charge in [-0.15, -0.1) is 0 Å². The summed E-state index contributed by atoms with van der Waals surface area (Å²) in [6.07, 6.45) is 1.12. The minimum atomic E-state index is -0.280. The molecule has 0 fully saturated rings. The number of carbonyl (C=O) groups is 1. The van der Waals surface area contributed by atoms with Gasteiger partial charge in [0.25, 0.3) is 0 Å². The van der Waals surface area contributed by atoms with Crippen LogP contribution in [-0.4, -0.2) is 5.24 Å². The number of aryl methyl sites for hydroxylation is 1. The van der Waals surface area contributed by atoms with Crippen LogP contribution in [-0.2, 0) is 11.2 Å². The summed E-state index contributed by atoms with van der Waals surface area (Å²) in [5.74, 6) is 0. The molecule has 0 saturated carbocycles. The van der Waals surface area contributed by atoms with Gasteiger partial charge in [0.1, 0.15) is 0 Å². The Labute approximate surface area is 84.9 Å². The quantitative estimate of drug-likeness (QED) is 0.750. The van der Waals surface area contributed by atoms with Crippen molar-refractivity contribution in [3.8, 4) is 0 Å². The summed E-state index contributed by atoms with van der Waals surface area (Å²) < 4.78 is 1.04. The summed E-state index contributed by atoms with van der Waals surface area (Å²) in [6, 6.07) is 7.86. The summed E-state index contributed by atoms with van der Waals surface area (Å²) in [5.41, 5.74) is 1.13. The fourth-order valence-electron chi connectivity index (χ4n) is 0.894. The molecular weight excluding hydrogens is 239 g/mol. The van der Waals surface area contributed by atoms with Gasteiger partial charge in [-0.3, -0.25) is 4.79 Å². The van der Waals surface area contributed by atoms with Crippen molar-refractivity contribution in [1.82, 2.24) is 0 Å². The van der Waals surface area contributed by atoms with Crippen LogP contribution in [0.1, 0.15) is 12.0 Å². The molecule has 0 bridgehead atoms. The van der Waals surface area contributed by atoms with E-state index in [9.17, 15) is 4.79 Å². The van der Waals surface area contributed by atoms with Crippen LogP contribution in [0.15, 0.2) is 28.7 Å². The summed E-state index contributed by atoms with van der Waals surface area (Å²) in [5, 5.41) is -0.280. The number of hydrogen-bond acceptors (Lipinski definition) is 1. The number of hydrogen-bond donors (Lipinski definition) is 0. The Morgan fingerprint density at radius 3 is 2.42 bits per heavy atom. The molecule has 64 valence electrons. The van der Waals surface area contributed by atoms with E-state index in [1.165, 1.54) is 0 Å². The first kappa shape index (κ1) is 9.75. The molecule has 1 rings (SSSR count). The maximum atomic E-state index is 10.4. The smallest absolute Gasteiger partial charge is 0.221 e. The van der Waals surface area contributed by atoms with E-state index in [1.807, 2.05) is 24.3 Å². The maximum Gasteiger partial charge on any atom is 0.221 e. The Bertz CT molecular complexity index is 268. The molecule has 3 heteroatoms. The van der Waals surface area contributed by atoms with Crippen LogP contribution in [0.4, 0.5) is 0 Å². The van der Waals surface area contributed by atoms with Gasteiger partial charge in [0.2, 0.25) is 5.24 Å². The van der Waals surface area contributed by atoms with Gasteiger partial charge in [0.05, 0.1) is 0 Å². The van der Waals surface area contributed by atoms with Gasteiger partial charge in [0.15, 0.2) is 0 Å². The van der Waals surface area contributed by atoms with Gasteiger partial charge < -0.3 is 0 Å². The minimum Gasteiger partial charge on any atom is -0.281 e. The molecule has 0 heterocycles. The minimum absolute atomic E-state index is 0.280. The van der Waals surface area contributed by atoms with Crippen LogP contribution in [0.2, 0.25) is 0 Å². The third kappa shape index (κ3) is 3.37. The molecule has 12 heavy (non-hydrogen) atoms. The molecule has 0 unspecified atom stereocenters. The second-order valence-corrected chi connectivity index (χ2v) is 3.82. The molecular formula is C9H8BrClO. The van der Waals surface area contributed by atoms with Gasteiger partial charge in [0, 0.05) is 10.9 Å². The zero-order valence-corrected chi connectivity index (χ0v) is 8.73. The van der Waals surface area contributed by atoms with Crippen molar-refractivity contribution in [2.24, 2.45) is 0 Å². The van der Waals surface area contributed by atoms with E-state index in [0.717, 1.165) is 16.5 Å². The van der Waals surface area contributed by atoms with Crippen molar-refractivity contribution < 1.29 is 4.79 Å². The highest BCUT2D eigenvalue weighted by Gasteiger charge is 1.97. The lowest BCUT2D eigenvalue weighted by Gasteiger charge is -1.97. The van der Waals surface area contributed by atoms with Crippen LogP contribution in [0.5, 0.6) is 0 Å². The van der Waals surface area contributed by atoms with Gasteiger partial charge in [-0.25, -0.2) is 0 Å². The van der Waals surface area contributed by atoms with Crippen molar-refractivity contribution >= 4 is 32.8 Å². The van der Waals surface area contributed by atoms with E-state index in [0.29, 0.717) is 6.42 Å². The van der Waals surface area contributed by atoms with Gasteiger partial charge in [-0.05, 0) is 35.7 Å². The summed E-state index contributed by atoms with van der Waals surface area (Å²) in [7, 11) is 0. The maximum absolute atomic E-state index is 10.4. The van der Waals surface area contributed by atoms with Crippen LogP contribution in [0, 0.1) is 0 Å². The molecule has 0 radical (unpaired) electrons. The average Bonchev–Trinajstić information content (AvgIpc) is 2.03. The molecule has 0 N–H and O–H groups in total. The lowest BCUT2D eigenvalue weighted by Crippen LogP contribution is -1.90. The predicted molar refractivity (Wildman–Crippen MR) is 53.3 cm³/mol. The van der Waals surface area contributed by atoms with E-state index < -0.39 is 0 Å². The molecule has 1 aromatic rings. The topological polar surface area (TPSA) is 17.1 Å². The summed E-state index contributed by atoms with van der Waals surface area (Å²) >= 11 is 8.54. The zero-order valence-electron chi connectivity index (χ0n) is 6.39. The molecule has 1 nitrogen and oxygen atoms in total. The fraction of sp³-hybridized carbons (Fsp3) is 0.222. The fourth-order valence-corrected chi connectivity index (χ4v) is 1.25. The average molecular weight is 248 g/mol. The summed E-state index contributed by atoms with van der Waals surface area (Å²) in [6.45, 7) is 0. The first-order valence-corrected chi connectivity index (χ1v) is 4.78. The molecule has 0 aliphatic carbocycles. The normalized spacial score (nSPS) is 9.83. The third-order valence-electron chi connectivity index (χ3n) is 1.52. The highest BCUT2D eigenvalue weighted by atomic mass is 79.9. The Balaban J connectivity index is 2.53. The van der Waals surface area contributed by atoms with Crippen LogP contribution >= 0.6 is 27.5 Å². The third-order valence-corrected chi connectivity index (χ3v) is 2.24. The number of benzene rings is 1. The van der Waals surface area contributed by atoms with Gasteiger partial charge in [-0.2, -0.15) is 0 Å². The van der Waals surface area contributed by atoms with Crippen molar-refractivity contribution in [3.63, 3.8) is 0 Å². The largest absolute Gasteiger partial charge is 0.281 e. The number of halogens is 2. The van der Waals surface area contributed by atoms with E-state index in [1.54, 1.807) is 0 Å². The molecule has 0 aliphatic heterocycles. The van der Waals surface area contributed by atoms with Gasteiger partial charge >= 0.3 is 0 Å². The Morgan fingerprint density at radius 1 is 1.33 bits per heavy atom. The first-order valence-electron chi connectivity index (χ1n) is 3.61. The van der Waals surface area contributed by atoms with Crippen LogP contribution < -0.4 is 0 Å². The van der Waals surface area contributed by atoms with E-state index in [2.05, 4.69) is 15.9 Å². The molecule has 0 amide bonds. The van der Waals surface area contributed by atoms with Crippen molar-refractivity contribution in [2.75, 3.05) is 0 Å². The zero-order chi connectivity index (χ0) is 8.97. The molecule has 0 saturated heterocycles. The number of carbonyl (C=O) groups excluding carboxylic acids is 1. The highest BCUT2D eigenvalue weighted by molar-refractivity contribution is 9.10. The molecule has 0 spiro atoms. The highest BCUT2D eigenvalue weighted by Crippen LogP contribution is 2.12. The van der Waals surface area contributed by atoms with Crippen molar-refractivity contribution in [3.05, 3.63) is 34.3 Å². The number of rotatable bonds is 3.